The zero-order valence-electron chi connectivity index (χ0n) is 12.1. The zero-order chi connectivity index (χ0) is 14.8. The normalized spacial score (nSPS) is 10.8. The van der Waals surface area contributed by atoms with Crippen molar-refractivity contribution in [2.75, 3.05) is 7.05 Å². The van der Waals surface area contributed by atoms with Crippen LogP contribution in [0.5, 0.6) is 0 Å². The summed E-state index contributed by atoms with van der Waals surface area (Å²) in [5, 5.41) is 7.93. The Morgan fingerprint density at radius 2 is 1.86 bits per heavy atom. The van der Waals surface area contributed by atoms with E-state index in [9.17, 15) is 4.79 Å². The van der Waals surface area contributed by atoms with Crippen molar-refractivity contribution in [1.29, 1.82) is 0 Å². The van der Waals surface area contributed by atoms with E-state index in [1.54, 1.807) is 11.9 Å². The number of rotatable bonds is 3. The van der Waals surface area contributed by atoms with Crippen LogP contribution in [0.2, 0.25) is 0 Å². The summed E-state index contributed by atoms with van der Waals surface area (Å²) in [4.78, 5) is 14.3. The molecule has 0 unspecified atom stereocenters. The van der Waals surface area contributed by atoms with Crippen LogP contribution in [0.25, 0.3) is 10.9 Å². The molecule has 2 aromatic carbocycles. The molecule has 0 spiro atoms. The fraction of sp³-hybridized carbons (Fsp3) is 0.176. The lowest BCUT2D eigenvalue weighted by Crippen LogP contribution is -2.27. The van der Waals surface area contributed by atoms with Crippen molar-refractivity contribution in [3.8, 4) is 0 Å². The van der Waals surface area contributed by atoms with Gasteiger partial charge in [-0.1, -0.05) is 42.5 Å². The van der Waals surface area contributed by atoms with Gasteiger partial charge in [0.15, 0.2) is 5.69 Å². The second-order valence-electron chi connectivity index (χ2n) is 5.21. The van der Waals surface area contributed by atoms with E-state index in [-0.39, 0.29) is 5.91 Å². The molecule has 21 heavy (non-hydrogen) atoms. The van der Waals surface area contributed by atoms with Crippen molar-refractivity contribution in [3.05, 3.63) is 65.4 Å². The van der Waals surface area contributed by atoms with Gasteiger partial charge in [0.05, 0.1) is 5.52 Å². The second-order valence-corrected chi connectivity index (χ2v) is 5.21. The summed E-state index contributed by atoms with van der Waals surface area (Å²) in [5.41, 5.74) is 3.68. The van der Waals surface area contributed by atoms with Gasteiger partial charge in [-0.25, -0.2) is 0 Å². The highest BCUT2D eigenvalue weighted by molar-refractivity contribution is 6.04. The van der Waals surface area contributed by atoms with E-state index < -0.39 is 0 Å². The molecule has 0 saturated carbocycles. The van der Waals surface area contributed by atoms with E-state index in [1.807, 2.05) is 42.5 Å². The van der Waals surface area contributed by atoms with E-state index in [0.29, 0.717) is 12.2 Å². The molecule has 0 radical (unpaired) electrons. The average molecular weight is 279 g/mol. The molecule has 0 bridgehead atoms. The maximum atomic E-state index is 12.6. The first kappa shape index (κ1) is 13.4. The number of amides is 1. The number of hydrogen-bond acceptors (Lipinski definition) is 2. The van der Waals surface area contributed by atoms with Crippen molar-refractivity contribution < 1.29 is 4.79 Å². The number of benzene rings is 2. The number of H-pyrrole nitrogens is 1. The Labute approximate surface area is 123 Å². The molecule has 4 heteroatoms. The molecule has 0 fully saturated rings. The van der Waals surface area contributed by atoms with Crippen LogP contribution < -0.4 is 0 Å². The minimum Gasteiger partial charge on any atom is -0.336 e. The number of nitrogens with zero attached hydrogens (tertiary/aromatic N) is 2. The predicted octanol–water partition coefficient (Wildman–Crippen LogP) is 3.14. The van der Waals surface area contributed by atoms with Gasteiger partial charge >= 0.3 is 0 Å². The van der Waals surface area contributed by atoms with Gasteiger partial charge in [0.25, 0.3) is 5.91 Å². The zero-order valence-corrected chi connectivity index (χ0v) is 12.1. The predicted molar refractivity (Wildman–Crippen MR) is 83.1 cm³/mol. The Balaban J connectivity index is 1.86. The number of aromatic amines is 1. The smallest absolute Gasteiger partial charge is 0.275 e. The topological polar surface area (TPSA) is 49.0 Å². The lowest BCUT2D eigenvalue weighted by molar-refractivity contribution is 0.0781. The number of carbonyl (C=O) groups is 1. The van der Waals surface area contributed by atoms with Crippen molar-refractivity contribution >= 4 is 16.8 Å². The van der Waals surface area contributed by atoms with Gasteiger partial charge in [-0.3, -0.25) is 9.89 Å². The Kier molecular flexibility index (Phi) is 3.44. The first-order chi connectivity index (χ1) is 10.2. The van der Waals surface area contributed by atoms with Crippen molar-refractivity contribution in [1.82, 2.24) is 15.1 Å². The lowest BCUT2D eigenvalue weighted by atomic mass is 10.1. The van der Waals surface area contributed by atoms with Crippen molar-refractivity contribution in [2.45, 2.75) is 13.5 Å². The minimum atomic E-state index is -0.0734. The molecule has 0 aliphatic carbocycles. The molecular formula is C17H17N3O. The molecule has 4 nitrogen and oxygen atoms in total. The van der Waals surface area contributed by atoms with Gasteiger partial charge in [0, 0.05) is 19.0 Å². The molecular weight excluding hydrogens is 262 g/mol. The summed E-state index contributed by atoms with van der Waals surface area (Å²) in [7, 11) is 1.80. The average Bonchev–Trinajstić information content (AvgIpc) is 2.92. The van der Waals surface area contributed by atoms with E-state index in [4.69, 9.17) is 0 Å². The van der Waals surface area contributed by atoms with Crippen LogP contribution in [0.3, 0.4) is 0 Å². The third kappa shape index (κ3) is 2.52. The van der Waals surface area contributed by atoms with E-state index in [1.165, 1.54) is 5.56 Å². The fourth-order valence-electron chi connectivity index (χ4n) is 2.42. The number of carbonyl (C=O) groups excluding carboxylic acids is 1. The van der Waals surface area contributed by atoms with Crippen LogP contribution in [0, 0.1) is 6.92 Å². The summed E-state index contributed by atoms with van der Waals surface area (Å²) in [6.45, 7) is 2.63. The van der Waals surface area contributed by atoms with Crippen LogP contribution in [0.15, 0.2) is 48.5 Å². The number of fused-ring (bicyclic) bond motifs is 1. The lowest BCUT2D eigenvalue weighted by Gasteiger charge is -2.17. The third-order valence-corrected chi connectivity index (χ3v) is 3.69. The maximum Gasteiger partial charge on any atom is 0.275 e. The van der Waals surface area contributed by atoms with Crippen LogP contribution >= 0.6 is 0 Å². The number of para-hydroxylation sites is 1. The highest BCUT2D eigenvalue weighted by Crippen LogP contribution is 2.18. The molecule has 1 aromatic heterocycles. The van der Waals surface area contributed by atoms with E-state index in [0.717, 1.165) is 16.5 Å². The summed E-state index contributed by atoms with van der Waals surface area (Å²) < 4.78 is 0. The third-order valence-electron chi connectivity index (χ3n) is 3.69. The van der Waals surface area contributed by atoms with Gasteiger partial charge in [0.1, 0.15) is 0 Å². The number of aromatic nitrogens is 2. The molecule has 1 amide bonds. The summed E-state index contributed by atoms with van der Waals surface area (Å²) in [5.74, 6) is -0.0734. The highest BCUT2D eigenvalue weighted by Gasteiger charge is 2.18. The summed E-state index contributed by atoms with van der Waals surface area (Å²) >= 11 is 0. The van der Waals surface area contributed by atoms with Gasteiger partial charge in [0.2, 0.25) is 0 Å². The number of hydrogen-bond donors (Lipinski definition) is 1. The SMILES string of the molecule is Cc1ccccc1CN(C)C(=O)c1n[nH]c2ccccc12. The van der Waals surface area contributed by atoms with E-state index in [2.05, 4.69) is 23.2 Å². The monoisotopic (exact) mass is 279 g/mol. The molecule has 0 aliphatic heterocycles. The standard InChI is InChI=1S/C17H17N3O/c1-12-7-3-4-8-13(12)11-20(2)17(21)16-14-9-5-6-10-15(14)18-19-16/h3-10H,11H2,1-2H3,(H,18,19). The van der Waals surface area contributed by atoms with E-state index >= 15 is 0 Å². The quantitative estimate of drug-likeness (QED) is 0.800. The maximum absolute atomic E-state index is 12.6. The summed E-state index contributed by atoms with van der Waals surface area (Å²) in [6, 6.07) is 15.8. The van der Waals surface area contributed by atoms with Gasteiger partial charge < -0.3 is 4.90 Å². The van der Waals surface area contributed by atoms with Gasteiger partial charge in [-0.2, -0.15) is 5.10 Å². The molecule has 1 N–H and O–H groups in total. The van der Waals surface area contributed by atoms with Crippen molar-refractivity contribution in [2.24, 2.45) is 0 Å². The molecule has 0 aliphatic rings. The minimum absolute atomic E-state index is 0.0734. The molecule has 0 saturated heterocycles. The Morgan fingerprint density at radius 3 is 2.67 bits per heavy atom. The van der Waals surface area contributed by atoms with Crippen LogP contribution in [0.4, 0.5) is 0 Å². The van der Waals surface area contributed by atoms with Gasteiger partial charge in [-0.05, 0) is 24.1 Å². The first-order valence-corrected chi connectivity index (χ1v) is 6.90. The van der Waals surface area contributed by atoms with Crippen LogP contribution in [-0.2, 0) is 6.54 Å². The first-order valence-electron chi connectivity index (χ1n) is 6.90. The largest absolute Gasteiger partial charge is 0.336 e. The Hall–Kier alpha value is -2.62. The molecule has 3 aromatic rings. The number of nitrogens with one attached hydrogen (secondary N) is 1. The molecule has 0 atom stereocenters. The highest BCUT2D eigenvalue weighted by atomic mass is 16.2. The molecule has 1 heterocycles. The van der Waals surface area contributed by atoms with Crippen molar-refractivity contribution in [3.63, 3.8) is 0 Å². The molecule has 3 rings (SSSR count). The Morgan fingerprint density at radius 1 is 1.14 bits per heavy atom. The van der Waals surface area contributed by atoms with Crippen LogP contribution in [0.1, 0.15) is 21.6 Å². The number of aryl methyl sites for hydroxylation is 1. The Bertz CT molecular complexity index is 791. The fourth-order valence-corrected chi connectivity index (χ4v) is 2.42. The van der Waals surface area contributed by atoms with Gasteiger partial charge in [-0.15, -0.1) is 0 Å². The summed E-state index contributed by atoms with van der Waals surface area (Å²) in [6.07, 6.45) is 0. The second kappa shape index (κ2) is 5.40. The van der Waals surface area contributed by atoms with Crippen LogP contribution in [-0.4, -0.2) is 28.1 Å². The molecule has 106 valence electrons.